The lowest BCUT2D eigenvalue weighted by atomic mass is 10.1. The van der Waals surface area contributed by atoms with Crippen molar-refractivity contribution in [3.63, 3.8) is 0 Å². The van der Waals surface area contributed by atoms with Crippen LogP contribution in [0.2, 0.25) is 0 Å². The van der Waals surface area contributed by atoms with Gasteiger partial charge in [-0.05, 0) is 0 Å². The minimum atomic E-state index is -1.33. The largest absolute Gasteiger partial charge is 0.394 e. The van der Waals surface area contributed by atoms with E-state index in [1.807, 2.05) is 0 Å². The van der Waals surface area contributed by atoms with Gasteiger partial charge in [0.15, 0.2) is 12.0 Å². The van der Waals surface area contributed by atoms with Crippen LogP contribution in [0, 0.1) is 0 Å². The third kappa shape index (κ3) is 2.31. The topological polar surface area (TPSA) is 182 Å². The zero-order valence-electron chi connectivity index (χ0n) is 11.8. The Hall–Kier alpha value is -2.31. The van der Waals surface area contributed by atoms with Crippen molar-refractivity contribution in [1.82, 2.24) is 14.5 Å². The van der Waals surface area contributed by atoms with Gasteiger partial charge < -0.3 is 35.8 Å². The van der Waals surface area contributed by atoms with Crippen LogP contribution in [0.5, 0.6) is 0 Å². The first-order valence-corrected chi connectivity index (χ1v) is 6.74. The van der Waals surface area contributed by atoms with Gasteiger partial charge in [0.1, 0.15) is 30.3 Å². The Morgan fingerprint density at radius 1 is 1.39 bits per heavy atom. The van der Waals surface area contributed by atoms with Crippen LogP contribution in [0.15, 0.2) is 12.5 Å². The number of aliphatic hydroxyl groups is 3. The van der Waals surface area contributed by atoms with Crippen LogP contribution in [0.3, 0.4) is 0 Å². The van der Waals surface area contributed by atoms with Crippen LogP contribution < -0.4 is 17.0 Å². The molecule has 124 valence electrons. The zero-order valence-corrected chi connectivity index (χ0v) is 11.8. The van der Waals surface area contributed by atoms with Crippen LogP contribution in [-0.2, 0) is 4.74 Å². The fraction of sp³-hybridized carbons (Fsp3) is 0.417. The predicted molar refractivity (Wildman–Crippen MR) is 76.9 cm³/mol. The molecule has 4 atom stereocenters. The maximum Gasteiger partial charge on any atom is 0.251 e. The number of nitrogens with two attached hydrogens (primary N) is 2. The lowest BCUT2D eigenvalue weighted by Crippen LogP contribution is -2.33. The summed E-state index contributed by atoms with van der Waals surface area (Å²) in [5, 5.41) is 29.5. The number of aromatic nitrogens is 3. The smallest absolute Gasteiger partial charge is 0.251 e. The van der Waals surface area contributed by atoms with E-state index in [9.17, 15) is 20.1 Å². The number of fused-ring (bicyclic) bond motifs is 1. The lowest BCUT2D eigenvalue weighted by molar-refractivity contribution is -0.0508. The van der Waals surface area contributed by atoms with E-state index in [1.54, 1.807) is 0 Å². The molecule has 1 fully saturated rings. The van der Waals surface area contributed by atoms with E-state index >= 15 is 0 Å². The lowest BCUT2D eigenvalue weighted by Gasteiger charge is -2.17. The predicted octanol–water partition coefficient (Wildman–Crippen LogP) is -2.57. The summed E-state index contributed by atoms with van der Waals surface area (Å²) in [6.45, 7) is -0.471. The van der Waals surface area contributed by atoms with Crippen molar-refractivity contribution >= 4 is 22.8 Å². The van der Waals surface area contributed by atoms with Gasteiger partial charge in [0.05, 0.1) is 17.6 Å². The van der Waals surface area contributed by atoms with E-state index in [2.05, 4.69) is 15.4 Å². The number of aliphatic hydroxyl groups excluding tert-OH is 3. The molecule has 4 unspecified atom stereocenters. The maximum absolute atomic E-state index is 11.7. The zero-order chi connectivity index (χ0) is 16.7. The standard InChI is InChI=1S/C12H16N6O5/c13-9(22)4-1-18(11-6(4)10(17-14)15-3-16-11)12-8(21)7(20)5(2-19)23-12/h1,3,5,7-8,12,19-21H,2,14H2,(H2,13,22)(H,15,16,17). The van der Waals surface area contributed by atoms with E-state index < -0.39 is 37.1 Å². The first-order chi connectivity index (χ1) is 11.0. The minimum absolute atomic E-state index is 0.0753. The highest BCUT2D eigenvalue weighted by atomic mass is 16.6. The van der Waals surface area contributed by atoms with E-state index in [4.69, 9.17) is 16.3 Å². The van der Waals surface area contributed by atoms with E-state index in [1.165, 1.54) is 17.1 Å². The molecule has 3 heterocycles. The molecule has 0 spiro atoms. The number of nitrogens with zero attached hydrogens (tertiary/aromatic N) is 3. The molecule has 0 aromatic carbocycles. The molecular weight excluding hydrogens is 308 g/mol. The summed E-state index contributed by atoms with van der Waals surface area (Å²) in [5.41, 5.74) is 8.01. The van der Waals surface area contributed by atoms with Gasteiger partial charge in [-0.3, -0.25) is 4.79 Å². The number of hydrazine groups is 1. The Labute approximate surface area is 129 Å². The highest BCUT2D eigenvalue weighted by Gasteiger charge is 2.44. The van der Waals surface area contributed by atoms with Crippen molar-refractivity contribution in [1.29, 1.82) is 0 Å². The van der Waals surface area contributed by atoms with Gasteiger partial charge in [-0.1, -0.05) is 0 Å². The van der Waals surface area contributed by atoms with Crippen LogP contribution >= 0.6 is 0 Å². The fourth-order valence-corrected chi connectivity index (χ4v) is 2.68. The molecule has 2 aromatic heterocycles. The summed E-state index contributed by atoms with van der Waals surface area (Å²) in [5.74, 6) is 4.82. The Kier molecular flexibility index (Phi) is 3.87. The molecule has 1 aliphatic heterocycles. The highest BCUT2D eigenvalue weighted by molar-refractivity contribution is 6.09. The summed E-state index contributed by atoms with van der Waals surface area (Å²) >= 11 is 0. The van der Waals surface area contributed by atoms with Crippen molar-refractivity contribution in [3.05, 3.63) is 18.1 Å². The van der Waals surface area contributed by atoms with Gasteiger partial charge in [-0.2, -0.15) is 0 Å². The summed E-state index contributed by atoms with van der Waals surface area (Å²) in [6, 6.07) is 0. The van der Waals surface area contributed by atoms with Crippen molar-refractivity contribution in [3.8, 4) is 0 Å². The summed E-state index contributed by atoms with van der Waals surface area (Å²) in [6.07, 6.45) is -2.08. The number of amides is 1. The molecule has 1 amide bonds. The second-order valence-electron chi connectivity index (χ2n) is 5.11. The number of carbonyl (C=O) groups is 1. The molecule has 8 N–H and O–H groups in total. The molecule has 3 rings (SSSR count). The first-order valence-electron chi connectivity index (χ1n) is 6.74. The number of carbonyl (C=O) groups excluding carboxylic acids is 1. The number of hydrogen-bond donors (Lipinski definition) is 6. The number of hydrogen-bond acceptors (Lipinski definition) is 9. The van der Waals surface area contributed by atoms with Gasteiger partial charge in [0.25, 0.3) is 5.91 Å². The van der Waals surface area contributed by atoms with Gasteiger partial charge in [0.2, 0.25) is 0 Å². The molecule has 2 aromatic rings. The number of nitrogen functional groups attached to an aromatic ring is 1. The van der Waals surface area contributed by atoms with E-state index in [0.717, 1.165) is 0 Å². The molecule has 0 bridgehead atoms. The highest BCUT2D eigenvalue weighted by Crippen LogP contribution is 2.34. The third-order valence-corrected chi connectivity index (χ3v) is 3.80. The summed E-state index contributed by atoms with van der Waals surface area (Å²) < 4.78 is 6.79. The normalized spacial score (nSPS) is 27.5. The van der Waals surface area contributed by atoms with Gasteiger partial charge in [-0.25, -0.2) is 15.8 Å². The first kappa shape index (κ1) is 15.6. The molecule has 11 nitrogen and oxygen atoms in total. The van der Waals surface area contributed by atoms with Gasteiger partial charge in [0, 0.05) is 6.20 Å². The monoisotopic (exact) mass is 324 g/mol. The van der Waals surface area contributed by atoms with Crippen LogP contribution in [0.25, 0.3) is 11.0 Å². The Morgan fingerprint density at radius 3 is 2.70 bits per heavy atom. The molecular formula is C12H16N6O5. The van der Waals surface area contributed by atoms with Gasteiger partial charge in [-0.15, -0.1) is 0 Å². The SMILES string of the molecule is NNc1ncnc2c1c(C(N)=O)cn2C1OC(CO)C(O)C1O. The van der Waals surface area contributed by atoms with E-state index in [0.29, 0.717) is 0 Å². The quantitative estimate of drug-likeness (QED) is 0.260. The maximum atomic E-state index is 11.7. The average molecular weight is 324 g/mol. The number of anilines is 1. The summed E-state index contributed by atoms with van der Waals surface area (Å²) in [4.78, 5) is 19.6. The molecule has 23 heavy (non-hydrogen) atoms. The average Bonchev–Trinajstić information content (AvgIpc) is 3.06. The second-order valence-corrected chi connectivity index (χ2v) is 5.11. The molecule has 0 saturated carbocycles. The van der Waals surface area contributed by atoms with Crippen LogP contribution in [0.4, 0.5) is 5.82 Å². The minimum Gasteiger partial charge on any atom is -0.394 e. The summed E-state index contributed by atoms with van der Waals surface area (Å²) in [7, 11) is 0. The Morgan fingerprint density at radius 2 is 2.13 bits per heavy atom. The fourth-order valence-electron chi connectivity index (χ4n) is 2.68. The number of primary amides is 1. The number of nitrogens with one attached hydrogen (secondary N) is 1. The van der Waals surface area contributed by atoms with Crippen molar-refractivity contribution in [2.75, 3.05) is 12.0 Å². The third-order valence-electron chi connectivity index (χ3n) is 3.80. The van der Waals surface area contributed by atoms with Crippen molar-refractivity contribution in [2.45, 2.75) is 24.5 Å². The van der Waals surface area contributed by atoms with Crippen LogP contribution in [0.1, 0.15) is 16.6 Å². The van der Waals surface area contributed by atoms with Crippen molar-refractivity contribution < 1.29 is 24.9 Å². The van der Waals surface area contributed by atoms with Gasteiger partial charge >= 0.3 is 0 Å². The van der Waals surface area contributed by atoms with Crippen molar-refractivity contribution in [2.24, 2.45) is 11.6 Å². The molecule has 0 radical (unpaired) electrons. The Bertz CT molecular complexity index is 749. The van der Waals surface area contributed by atoms with E-state index in [-0.39, 0.29) is 22.4 Å². The molecule has 11 heteroatoms. The molecule has 1 aliphatic rings. The Balaban J connectivity index is 2.18. The molecule has 1 saturated heterocycles. The molecule has 0 aliphatic carbocycles. The number of rotatable bonds is 4. The number of ether oxygens (including phenoxy) is 1. The van der Waals surface area contributed by atoms with Crippen LogP contribution in [-0.4, -0.2) is 60.7 Å². The second kappa shape index (κ2) is 5.72.